The third-order valence-electron chi connectivity index (χ3n) is 2.87. The molecular formula is C13H23N5O2. The predicted octanol–water partition coefficient (Wildman–Crippen LogP) is 0.552. The molecule has 112 valence electrons. The van der Waals surface area contributed by atoms with E-state index >= 15 is 0 Å². The van der Waals surface area contributed by atoms with E-state index in [9.17, 15) is 9.59 Å². The van der Waals surface area contributed by atoms with Gasteiger partial charge in [-0.2, -0.15) is 0 Å². The molecule has 3 amide bonds. The first kappa shape index (κ1) is 16.0. The van der Waals surface area contributed by atoms with Crippen molar-refractivity contribution in [3.8, 4) is 0 Å². The lowest BCUT2D eigenvalue weighted by atomic mass is 10.0. The first-order valence-electron chi connectivity index (χ1n) is 6.67. The van der Waals surface area contributed by atoms with Crippen LogP contribution in [0.2, 0.25) is 0 Å². The highest BCUT2D eigenvalue weighted by Gasteiger charge is 2.21. The summed E-state index contributed by atoms with van der Waals surface area (Å²) >= 11 is 0. The lowest BCUT2D eigenvalue weighted by Crippen LogP contribution is -2.43. The van der Waals surface area contributed by atoms with Crippen LogP contribution < -0.4 is 16.0 Å². The Morgan fingerprint density at radius 1 is 1.30 bits per heavy atom. The average Bonchev–Trinajstić information content (AvgIpc) is 2.77. The van der Waals surface area contributed by atoms with Gasteiger partial charge in [0.1, 0.15) is 5.82 Å². The van der Waals surface area contributed by atoms with Crippen LogP contribution in [0.5, 0.6) is 0 Å². The fraction of sp³-hybridized carbons (Fsp3) is 0.615. The van der Waals surface area contributed by atoms with Crippen molar-refractivity contribution in [1.29, 1.82) is 0 Å². The summed E-state index contributed by atoms with van der Waals surface area (Å²) < 4.78 is 1.89. The molecular weight excluding hydrogens is 258 g/mol. The minimum atomic E-state index is -0.267. The van der Waals surface area contributed by atoms with Crippen molar-refractivity contribution < 1.29 is 9.59 Å². The van der Waals surface area contributed by atoms with Crippen molar-refractivity contribution >= 4 is 11.9 Å². The number of aromatic nitrogens is 2. The Balaban J connectivity index is 2.48. The second kappa shape index (κ2) is 7.52. The topological polar surface area (TPSA) is 88.1 Å². The number of amides is 3. The number of urea groups is 1. The van der Waals surface area contributed by atoms with E-state index in [4.69, 9.17) is 0 Å². The molecule has 0 fully saturated rings. The lowest BCUT2D eigenvalue weighted by Gasteiger charge is -2.22. The molecule has 0 aliphatic heterocycles. The first-order valence-corrected chi connectivity index (χ1v) is 6.67. The van der Waals surface area contributed by atoms with Gasteiger partial charge in [-0.25, -0.2) is 9.78 Å². The molecule has 0 aliphatic rings. The van der Waals surface area contributed by atoms with Crippen LogP contribution in [0.15, 0.2) is 12.4 Å². The van der Waals surface area contributed by atoms with E-state index in [1.54, 1.807) is 6.20 Å². The molecule has 0 spiro atoms. The van der Waals surface area contributed by atoms with Crippen LogP contribution in [0.4, 0.5) is 4.79 Å². The van der Waals surface area contributed by atoms with Gasteiger partial charge in [-0.1, -0.05) is 13.8 Å². The highest BCUT2D eigenvalue weighted by molar-refractivity contribution is 5.75. The Hall–Kier alpha value is -2.05. The Bertz CT molecular complexity index is 455. The highest BCUT2D eigenvalue weighted by Crippen LogP contribution is 2.19. The van der Waals surface area contributed by atoms with Crippen molar-refractivity contribution in [3.63, 3.8) is 0 Å². The number of imidazole rings is 1. The third kappa shape index (κ3) is 4.91. The third-order valence-corrected chi connectivity index (χ3v) is 2.87. The highest BCUT2D eigenvalue weighted by atomic mass is 16.2. The maximum Gasteiger partial charge on any atom is 0.315 e. The number of rotatable bonds is 6. The fourth-order valence-electron chi connectivity index (χ4n) is 1.81. The molecule has 1 aromatic rings. The zero-order valence-corrected chi connectivity index (χ0v) is 12.4. The minimum Gasteiger partial charge on any atom is -0.355 e. The molecule has 7 heteroatoms. The summed E-state index contributed by atoms with van der Waals surface area (Å²) in [6, 6.07) is -0.423. The Morgan fingerprint density at radius 2 is 1.95 bits per heavy atom. The van der Waals surface area contributed by atoms with E-state index in [-0.39, 0.29) is 23.9 Å². The molecule has 1 rings (SSSR count). The van der Waals surface area contributed by atoms with Gasteiger partial charge in [-0.3, -0.25) is 4.79 Å². The fourth-order valence-corrected chi connectivity index (χ4v) is 1.81. The van der Waals surface area contributed by atoms with Gasteiger partial charge in [0, 0.05) is 39.5 Å². The van der Waals surface area contributed by atoms with Gasteiger partial charge in [-0.15, -0.1) is 0 Å². The summed E-state index contributed by atoms with van der Waals surface area (Å²) in [5.74, 6) is 0.925. The number of aryl methyl sites for hydroxylation is 1. The van der Waals surface area contributed by atoms with Gasteiger partial charge < -0.3 is 20.5 Å². The van der Waals surface area contributed by atoms with Crippen LogP contribution in [0.25, 0.3) is 0 Å². The van der Waals surface area contributed by atoms with Crippen LogP contribution in [0.3, 0.4) is 0 Å². The van der Waals surface area contributed by atoms with Crippen LogP contribution in [0, 0.1) is 5.92 Å². The van der Waals surface area contributed by atoms with Crippen LogP contribution in [-0.2, 0) is 11.8 Å². The van der Waals surface area contributed by atoms with Crippen molar-refractivity contribution in [2.45, 2.75) is 26.8 Å². The second-order valence-corrected chi connectivity index (χ2v) is 5.00. The summed E-state index contributed by atoms with van der Waals surface area (Å²) in [4.78, 5) is 26.8. The van der Waals surface area contributed by atoms with Crippen LogP contribution >= 0.6 is 0 Å². The van der Waals surface area contributed by atoms with E-state index < -0.39 is 0 Å². The summed E-state index contributed by atoms with van der Waals surface area (Å²) in [5, 5.41) is 8.22. The first-order chi connectivity index (χ1) is 9.41. The number of hydrogen-bond donors (Lipinski definition) is 3. The molecule has 0 saturated heterocycles. The molecule has 0 bridgehead atoms. The monoisotopic (exact) mass is 281 g/mol. The van der Waals surface area contributed by atoms with Crippen molar-refractivity contribution in [2.24, 2.45) is 13.0 Å². The van der Waals surface area contributed by atoms with E-state index in [0.29, 0.717) is 13.1 Å². The van der Waals surface area contributed by atoms with Crippen molar-refractivity contribution in [3.05, 3.63) is 18.2 Å². The molecule has 7 nitrogen and oxygen atoms in total. The molecule has 1 atom stereocenters. The van der Waals surface area contributed by atoms with Crippen LogP contribution in [-0.4, -0.2) is 34.6 Å². The van der Waals surface area contributed by atoms with Crippen molar-refractivity contribution in [2.75, 3.05) is 13.1 Å². The van der Waals surface area contributed by atoms with Gasteiger partial charge in [0.2, 0.25) is 5.91 Å². The van der Waals surface area contributed by atoms with Gasteiger partial charge in [0.15, 0.2) is 0 Å². The number of carbonyl (C=O) groups is 2. The predicted molar refractivity (Wildman–Crippen MR) is 76.0 cm³/mol. The van der Waals surface area contributed by atoms with Crippen molar-refractivity contribution in [1.82, 2.24) is 25.5 Å². The Morgan fingerprint density at radius 3 is 2.45 bits per heavy atom. The molecule has 0 aromatic carbocycles. The number of carbonyl (C=O) groups excluding carboxylic acids is 2. The second-order valence-electron chi connectivity index (χ2n) is 5.00. The number of hydrogen-bond acceptors (Lipinski definition) is 3. The SMILES string of the molecule is CC(=O)NCCNC(=O)NC(c1nccn1C)C(C)C. The molecule has 20 heavy (non-hydrogen) atoms. The number of nitrogens with zero attached hydrogens (tertiary/aromatic N) is 2. The van der Waals surface area contributed by atoms with Crippen LogP contribution in [0.1, 0.15) is 32.6 Å². The smallest absolute Gasteiger partial charge is 0.315 e. The zero-order valence-electron chi connectivity index (χ0n) is 12.4. The Kier molecular flexibility index (Phi) is 6.02. The minimum absolute atomic E-state index is 0.111. The van der Waals surface area contributed by atoms with E-state index in [1.165, 1.54) is 6.92 Å². The maximum atomic E-state index is 11.8. The summed E-state index contributed by atoms with van der Waals surface area (Å²) in [7, 11) is 1.90. The lowest BCUT2D eigenvalue weighted by molar-refractivity contribution is -0.118. The summed E-state index contributed by atoms with van der Waals surface area (Å²) in [6.45, 7) is 6.29. The molecule has 1 unspecified atom stereocenters. The van der Waals surface area contributed by atoms with Gasteiger partial charge in [0.25, 0.3) is 0 Å². The molecule has 3 N–H and O–H groups in total. The quantitative estimate of drug-likeness (QED) is 0.665. The summed E-state index contributed by atoms with van der Waals surface area (Å²) in [6.07, 6.45) is 3.56. The van der Waals surface area contributed by atoms with Gasteiger partial charge in [0.05, 0.1) is 6.04 Å². The normalized spacial score (nSPS) is 12.1. The van der Waals surface area contributed by atoms with Gasteiger partial charge >= 0.3 is 6.03 Å². The Labute approximate surface area is 119 Å². The van der Waals surface area contributed by atoms with E-state index in [0.717, 1.165) is 5.82 Å². The molecule has 0 saturated carbocycles. The molecule has 0 aliphatic carbocycles. The average molecular weight is 281 g/mol. The van der Waals surface area contributed by atoms with Gasteiger partial charge in [-0.05, 0) is 5.92 Å². The zero-order chi connectivity index (χ0) is 15.1. The summed E-state index contributed by atoms with van der Waals surface area (Å²) in [5.41, 5.74) is 0. The largest absolute Gasteiger partial charge is 0.355 e. The molecule has 0 radical (unpaired) electrons. The molecule has 1 aromatic heterocycles. The van der Waals surface area contributed by atoms with E-state index in [2.05, 4.69) is 20.9 Å². The standard InChI is InChI=1S/C13H23N5O2/c1-9(2)11(12-15-7-8-18(12)4)17-13(20)16-6-5-14-10(3)19/h7-9,11H,5-6H2,1-4H3,(H,14,19)(H2,16,17,20). The number of nitrogens with one attached hydrogen (secondary N) is 3. The maximum absolute atomic E-state index is 11.8. The van der Waals surface area contributed by atoms with E-state index in [1.807, 2.05) is 31.7 Å². The molecule has 1 heterocycles.